The van der Waals surface area contributed by atoms with Gasteiger partial charge in [-0.15, -0.1) is 0 Å². The molecular weight excluding hydrogens is 338 g/mol. The molecule has 4 rings (SSSR count). The fourth-order valence-electron chi connectivity index (χ4n) is 3.58. The van der Waals surface area contributed by atoms with Gasteiger partial charge in [0.15, 0.2) is 5.65 Å². The highest BCUT2D eigenvalue weighted by Crippen LogP contribution is 2.24. The maximum atomic E-state index is 12.7. The van der Waals surface area contributed by atoms with Gasteiger partial charge < -0.3 is 10.2 Å². The van der Waals surface area contributed by atoms with Gasteiger partial charge in [-0.25, -0.2) is 9.97 Å². The molecule has 0 saturated carbocycles. The van der Waals surface area contributed by atoms with Gasteiger partial charge in [-0.1, -0.05) is 24.3 Å². The van der Waals surface area contributed by atoms with E-state index in [0.717, 1.165) is 36.2 Å². The van der Waals surface area contributed by atoms with E-state index in [0.29, 0.717) is 18.7 Å². The van der Waals surface area contributed by atoms with Crippen molar-refractivity contribution in [2.45, 2.75) is 26.3 Å². The molecule has 1 N–H and O–H groups in total. The normalized spacial score (nSPS) is 17.1. The van der Waals surface area contributed by atoms with Gasteiger partial charge in [-0.2, -0.15) is 0 Å². The molecule has 1 fully saturated rings. The fourth-order valence-corrected chi connectivity index (χ4v) is 3.58. The smallest absolute Gasteiger partial charge is 0.225 e. The molecule has 3 heterocycles. The van der Waals surface area contributed by atoms with Crippen LogP contribution in [0, 0.1) is 12.8 Å². The number of amides is 1. The topological polar surface area (TPSA) is 71.0 Å². The van der Waals surface area contributed by atoms with Gasteiger partial charge in [0.25, 0.3) is 0 Å². The summed E-state index contributed by atoms with van der Waals surface area (Å²) < 4.78 is 0. The van der Waals surface area contributed by atoms with Crippen LogP contribution >= 0.6 is 0 Å². The molecule has 3 aromatic rings. The Morgan fingerprint density at radius 3 is 2.96 bits per heavy atom. The number of anilines is 1. The Balaban J connectivity index is 1.42. The van der Waals surface area contributed by atoms with Gasteiger partial charge in [0, 0.05) is 32.0 Å². The van der Waals surface area contributed by atoms with E-state index in [2.05, 4.69) is 44.2 Å². The third-order valence-corrected chi connectivity index (χ3v) is 5.18. The molecule has 6 heteroatoms. The first kappa shape index (κ1) is 17.4. The Bertz CT molecular complexity index is 958. The maximum Gasteiger partial charge on any atom is 0.225 e. The summed E-state index contributed by atoms with van der Waals surface area (Å²) in [5, 5.41) is 3.11. The van der Waals surface area contributed by atoms with Crippen LogP contribution < -0.4 is 10.2 Å². The summed E-state index contributed by atoms with van der Waals surface area (Å²) in [6, 6.07) is 10.2. The van der Waals surface area contributed by atoms with Crippen molar-refractivity contribution in [2.24, 2.45) is 5.92 Å². The molecule has 1 amide bonds. The van der Waals surface area contributed by atoms with Crippen LogP contribution in [0.2, 0.25) is 0 Å². The van der Waals surface area contributed by atoms with Crippen molar-refractivity contribution in [2.75, 3.05) is 18.0 Å². The zero-order chi connectivity index (χ0) is 18.6. The second kappa shape index (κ2) is 7.70. The molecule has 27 heavy (non-hydrogen) atoms. The van der Waals surface area contributed by atoms with Crippen molar-refractivity contribution in [1.82, 2.24) is 20.3 Å². The lowest BCUT2D eigenvalue weighted by atomic mass is 9.96. The summed E-state index contributed by atoms with van der Waals surface area (Å²) in [5.74, 6) is 0.108. The Labute approximate surface area is 158 Å². The van der Waals surface area contributed by atoms with E-state index in [1.54, 1.807) is 12.4 Å². The number of aromatic nitrogens is 3. The second-order valence-corrected chi connectivity index (χ2v) is 7.02. The van der Waals surface area contributed by atoms with Crippen molar-refractivity contribution >= 4 is 22.8 Å². The molecule has 2 aromatic heterocycles. The van der Waals surface area contributed by atoms with Gasteiger partial charge in [-0.05, 0) is 37.0 Å². The molecule has 6 nitrogen and oxygen atoms in total. The number of carbonyl (C=O) groups is 1. The quantitative estimate of drug-likeness (QED) is 0.774. The molecule has 1 aliphatic heterocycles. The fraction of sp³-hybridized carbons (Fsp3) is 0.333. The van der Waals surface area contributed by atoms with Crippen molar-refractivity contribution in [1.29, 1.82) is 0 Å². The molecule has 0 radical (unpaired) electrons. The summed E-state index contributed by atoms with van der Waals surface area (Å²) in [4.78, 5) is 27.9. The van der Waals surface area contributed by atoms with Crippen LogP contribution in [0.5, 0.6) is 0 Å². The van der Waals surface area contributed by atoms with Crippen LogP contribution in [0.1, 0.15) is 24.0 Å². The van der Waals surface area contributed by atoms with Crippen LogP contribution in [-0.2, 0) is 11.3 Å². The predicted octanol–water partition coefficient (Wildman–Crippen LogP) is 2.87. The Morgan fingerprint density at radius 1 is 1.22 bits per heavy atom. The van der Waals surface area contributed by atoms with Gasteiger partial charge in [0.1, 0.15) is 5.52 Å². The van der Waals surface area contributed by atoms with Crippen LogP contribution in [0.3, 0.4) is 0 Å². The second-order valence-electron chi connectivity index (χ2n) is 7.02. The van der Waals surface area contributed by atoms with E-state index in [4.69, 9.17) is 0 Å². The molecule has 0 aliphatic carbocycles. The van der Waals surface area contributed by atoms with Gasteiger partial charge >= 0.3 is 0 Å². The van der Waals surface area contributed by atoms with E-state index < -0.39 is 0 Å². The lowest BCUT2D eigenvalue weighted by Crippen LogP contribution is -2.43. The minimum absolute atomic E-state index is 0.0136. The van der Waals surface area contributed by atoms with E-state index in [1.807, 2.05) is 24.4 Å². The molecular formula is C21H23N5O. The number of piperidine rings is 1. The maximum absolute atomic E-state index is 12.7. The molecule has 0 bridgehead atoms. The Kier molecular flexibility index (Phi) is 4.96. The molecule has 0 spiro atoms. The van der Waals surface area contributed by atoms with Crippen LogP contribution in [0.15, 0.2) is 48.9 Å². The Morgan fingerprint density at radius 2 is 2.07 bits per heavy atom. The summed E-state index contributed by atoms with van der Waals surface area (Å²) in [7, 11) is 0. The van der Waals surface area contributed by atoms with Crippen molar-refractivity contribution in [3.8, 4) is 0 Å². The summed E-state index contributed by atoms with van der Waals surface area (Å²) in [6.45, 7) is 4.27. The van der Waals surface area contributed by atoms with Crippen LogP contribution in [0.4, 0.5) is 5.69 Å². The Hall–Kier alpha value is -3.02. The minimum Gasteiger partial charge on any atom is -0.369 e. The summed E-state index contributed by atoms with van der Waals surface area (Å²) in [6.07, 6.45) is 7.04. The monoisotopic (exact) mass is 361 g/mol. The van der Waals surface area contributed by atoms with Crippen molar-refractivity contribution in [3.05, 3.63) is 60.0 Å². The lowest BCUT2D eigenvalue weighted by molar-refractivity contribution is -0.125. The highest BCUT2D eigenvalue weighted by molar-refractivity contribution is 5.80. The van der Waals surface area contributed by atoms with E-state index in [1.165, 1.54) is 5.56 Å². The van der Waals surface area contributed by atoms with Gasteiger partial charge in [0.2, 0.25) is 5.91 Å². The van der Waals surface area contributed by atoms with Crippen molar-refractivity contribution in [3.63, 3.8) is 0 Å². The van der Waals surface area contributed by atoms with Gasteiger partial charge in [0.05, 0.1) is 17.8 Å². The average molecular weight is 361 g/mol. The predicted molar refractivity (Wildman–Crippen MR) is 105 cm³/mol. The van der Waals surface area contributed by atoms with Crippen LogP contribution in [0.25, 0.3) is 11.2 Å². The lowest BCUT2D eigenvalue weighted by Gasteiger charge is -2.33. The largest absolute Gasteiger partial charge is 0.369 e. The standard InChI is InChI=1S/C21H23N5O/c1-15-5-2-3-6-16(15)12-25-21(27)17-7-4-10-26(14-17)18-11-19-20(24-13-18)23-9-8-22-19/h2-3,5-6,8-9,11,13,17H,4,7,10,12,14H2,1H3,(H,25,27). The third-order valence-electron chi connectivity index (χ3n) is 5.18. The number of nitrogens with one attached hydrogen (secondary N) is 1. The summed E-state index contributed by atoms with van der Waals surface area (Å²) >= 11 is 0. The highest BCUT2D eigenvalue weighted by Gasteiger charge is 2.26. The zero-order valence-electron chi connectivity index (χ0n) is 15.4. The first-order valence-electron chi connectivity index (χ1n) is 9.34. The van der Waals surface area contributed by atoms with E-state index in [-0.39, 0.29) is 11.8 Å². The number of benzene rings is 1. The number of nitrogens with zero attached hydrogens (tertiary/aromatic N) is 4. The number of hydrogen-bond acceptors (Lipinski definition) is 5. The molecule has 1 atom stereocenters. The molecule has 1 unspecified atom stereocenters. The number of hydrogen-bond donors (Lipinski definition) is 1. The van der Waals surface area contributed by atoms with Crippen LogP contribution in [-0.4, -0.2) is 33.9 Å². The molecule has 1 aromatic carbocycles. The van der Waals surface area contributed by atoms with E-state index in [9.17, 15) is 4.79 Å². The molecule has 1 aliphatic rings. The number of aryl methyl sites for hydroxylation is 1. The zero-order valence-corrected chi connectivity index (χ0v) is 15.4. The number of carbonyl (C=O) groups excluding carboxylic acids is 1. The first-order valence-corrected chi connectivity index (χ1v) is 9.34. The van der Waals surface area contributed by atoms with E-state index >= 15 is 0 Å². The first-order chi connectivity index (χ1) is 13.2. The molecule has 138 valence electrons. The minimum atomic E-state index is -0.0136. The molecule has 1 saturated heterocycles. The highest BCUT2D eigenvalue weighted by atomic mass is 16.1. The number of rotatable bonds is 4. The average Bonchev–Trinajstić information content (AvgIpc) is 2.72. The number of fused-ring (bicyclic) bond motifs is 1. The van der Waals surface area contributed by atoms with Crippen molar-refractivity contribution < 1.29 is 4.79 Å². The van der Waals surface area contributed by atoms with Gasteiger partial charge in [-0.3, -0.25) is 9.78 Å². The number of pyridine rings is 1. The summed E-state index contributed by atoms with van der Waals surface area (Å²) in [5.41, 5.74) is 4.79. The SMILES string of the molecule is Cc1ccccc1CNC(=O)C1CCCN(c2cnc3nccnc3c2)C1. The third kappa shape index (κ3) is 3.89.